The second-order valence-corrected chi connectivity index (χ2v) is 6.65. The molecule has 1 saturated heterocycles. The summed E-state index contributed by atoms with van der Waals surface area (Å²) < 4.78 is 6.86. The van der Waals surface area contributed by atoms with Gasteiger partial charge in [-0.15, -0.1) is 0 Å². The molecule has 1 atom stereocenters. The molecule has 0 spiro atoms. The minimum absolute atomic E-state index is 0.000510. The van der Waals surface area contributed by atoms with Crippen LogP contribution in [-0.4, -0.2) is 52.9 Å². The maximum absolute atomic E-state index is 12.4. The van der Waals surface area contributed by atoms with E-state index in [1.165, 1.54) is 0 Å². The zero-order chi connectivity index (χ0) is 19.1. The number of para-hydroxylation sites is 1. The number of likely N-dealkylation sites (tertiary alicyclic amines) is 1. The lowest BCUT2D eigenvalue weighted by atomic mass is 9.97. The molecular weight excluding hydrogens is 344 g/mol. The molecule has 2 heterocycles. The lowest BCUT2D eigenvalue weighted by molar-refractivity contribution is -0.126. The van der Waals surface area contributed by atoms with Gasteiger partial charge < -0.3 is 15.0 Å². The summed E-state index contributed by atoms with van der Waals surface area (Å²) in [4.78, 5) is 25.9. The van der Waals surface area contributed by atoms with E-state index in [0.29, 0.717) is 32.7 Å². The number of aromatic nitrogens is 2. The van der Waals surface area contributed by atoms with Gasteiger partial charge in [0.2, 0.25) is 5.91 Å². The van der Waals surface area contributed by atoms with Crippen molar-refractivity contribution in [1.29, 1.82) is 0 Å². The quantitative estimate of drug-likeness (QED) is 0.847. The van der Waals surface area contributed by atoms with Crippen LogP contribution >= 0.6 is 0 Å². The van der Waals surface area contributed by atoms with Crippen LogP contribution in [0.5, 0.6) is 0 Å². The summed E-state index contributed by atoms with van der Waals surface area (Å²) in [5, 5.41) is 7.35. The predicted molar refractivity (Wildman–Crippen MR) is 102 cm³/mol. The van der Waals surface area contributed by atoms with Crippen molar-refractivity contribution in [2.24, 2.45) is 5.92 Å². The molecule has 1 aliphatic rings. The van der Waals surface area contributed by atoms with Crippen molar-refractivity contribution in [3.63, 3.8) is 0 Å². The number of benzene rings is 1. The Morgan fingerprint density at radius 2 is 2.11 bits per heavy atom. The van der Waals surface area contributed by atoms with Crippen LogP contribution in [0.2, 0.25) is 0 Å². The van der Waals surface area contributed by atoms with Crippen LogP contribution in [0.15, 0.2) is 42.7 Å². The number of nitrogens with zero attached hydrogens (tertiary/aromatic N) is 3. The minimum atomic E-state index is -0.330. The Hall–Kier alpha value is -2.83. The van der Waals surface area contributed by atoms with Crippen molar-refractivity contribution in [3.05, 3.63) is 48.3 Å². The normalized spacial score (nSPS) is 16.8. The van der Waals surface area contributed by atoms with Crippen LogP contribution in [-0.2, 0) is 16.0 Å². The lowest BCUT2D eigenvalue weighted by Crippen LogP contribution is -2.45. The molecule has 0 aliphatic carbocycles. The van der Waals surface area contributed by atoms with Gasteiger partial charge in [0, 0.05) is 25.8 Å². The number of carbonyl (C=O) groups is 2. The molecule has 144 valence electrons. The number of hydrogen-bond donors (Lipinski definition) is 1. The molecule has 2 amide bonds. The highest BCUT2D eigenvalue weighted by molar-refractivity contribution is 5.80. The van der Waals surface area contributed by atoms with Gasteiger partial charge in [0.25, 0.3) is 0 Å². The zero-order valence-corrected chi connectivity index (χ0v) is 15.6. The maximum atomic E-state index is 12.4. The van der Waals surface area contributed by atoms with Crippen LogP contribution in [0.25, 0.3) is 5.69 Å². The van der Waals surface area contributed by atoms with Gasteiger partial charge in [-0.05, 0) is 43.9 Å². The van der Waals surface area contributed by atoms with Gasteiger partial charge in [0.05, 0.1) is 24.4 Å². The average molecular weight is 370 g/mol. The zero-order valence-electron chi connectivity index (χ0n) is 15.6. The molecule has 0 radical (unpaired) electrons. The molecule has 1 fully saturated rings. The fourth-order valence-corrected chi connectivity index (χ4v) is 3.26. The first-order valence-corrected chi connectivity index (χ1v) is 9.45. The number of carbonyl (C=O) groups excluding carboxylic acids is 2. The molecule has 2 aromatic rings. The third kappa shape index (κ3) is 5.09. The molecule has 3 rings (SSSR count). The van der Waals surface area contributed by atoms with Gasteiger partial charge in [0.1, 0.15) is 0 Å². The van der Waals surface area contributed by atoms with Crippen LogP contribution in [0.3, 0.4) is 0 Å². The first-order valence-electron chi connectivity index (χ1n) is 9.45. The number of hydrogen-bond acceptors (Lipinski definition) is 4. The highest BCUT2D eigenvalue weighted by atomic mass is 16.6. The fraction of sp³-hybridized carbons (Fsp3) is 0.450. The van der Waals surface area contributed by atoms with Gasteiger partial charge in [-0.2, -0.15) is 5.10 Å². The Bertz CT molecular complexity index is 760. The average Bonchev–Trinajstić information content (AvgIpc) is 3.18. The van der Waals surface area contributed by atoms with Gasteiger partial charge >= 0.3 is 6.09 Å². The number of piperidine rings is 1. The van der Waals surface area contributed by atoms with Crippen LogP contribution in [0.1, 0.15) is 25.3 Å². The molecule has 1 aliphatic heterocycles. The molecule has 7 nitrogen and oxygen atoms in total. The van der Waals surface area contributed by atoms with Gasteiger partial charge in [0.15, 0.2) is 0 Å². The molecule has 1 unspecified atom stereocenters. The van der Waals surface area contributed by atoms with Crippen molar-refractivity contribution >= 4 is 12.0 Å². The highest BCUT2D eigenvalue weighted by Gasteiger charge is 2.28. The van der Waals surface area contributed by atoms with Gasteiger partial charge in [-0.3, -0.25) is 4.79 Å². The SMILES string of the molecule is CCOC(=O)N1CCCC(C(=O)NCCc2cnn(-c3ccccc3)c2)C1. The fourth-order valence-electron chi connectivity index (χ4n) is 3.26. The topological polar surface area (TPSA) is 76.5 Å². The van der Waals surface area contributed by atoms with Crippen LogP contribution < -0.4 is 5.32 Å². The van der Waals surface area contributed by atoms with E-state index in [9.17, 15) is 9.59 Å². The minimum Gasteiger partial charge on any atom is -0.450 e. The summed E-state index contributed by atoms with van der Waals surface area (Å²) in [5.41, 5.74) is 2.07. The maximum Gasteiger partial charge on any atom is 0.409 e. The monoisotopic (exact) mass is 370 g/mol. The molecular formula is C20H26N4O3. The molecule has 0 saturated carbocycles. The number of nitrogens with one attached hydrogen (secondary N) is 1. The summed E-state index contributed by atoms with van der Waals surface area (Å²) >= 11 is 0. The van der Waals surface area contributed by atoms with Crippen molar-refractivity contribution in [2.75, 3.05) is 26.2 Å². The van der Waals surface area contributed by atoms with Crippen molar-refractivity contribution < 1.29 is 14.3 Å². The van der Waals surface area contributed by atoms with Gasteiger partial charge in [-0.25, -0.2) is 9.48 Å². The van der Waals surface area contributed by atoms with E-state index < -0.39 is 0 Å². The molecule has 1 aromatic heterocycles. The van der Waals surface area contributed by atoms with E-state index in [1.807, 2.05) is 47.4 Å². The third-order valence-corrected chi connectivity index (χ3v) is 4.69. The molecule has 1 N–H and O–H groups in total. The smallest absolute Gasteiger partial charge is 0.409 e. The number of rotatable bonds is 6. The Morgan fingerprint density at radius 1 is 1.30 bits per heavy atom. The largest absolute Gasteiger partial charge is 0.450 e. The third-order valence-electron chi connectivity index (χ3n) is 4.69. The summed E-state index contributed by atoms with van der Waals surface area (Å²) in [7, 11) is 0. The standard InChI is InChI=1S/C20H26N4O3/c1-2-27-20(26)23-12-6-7-17(15-23)19(25)21-11-10-16-13-22-24(14-16)18-8-4-3-5-9-18/h3-5,8-9,13-14,17H,2,6-7,10-12,15H2,1H3,(H,21,25). The number of amides is 2. The van der Waals surface area contributed by atoms with Crippen molar-refractivity contribution in [1.82, 2.24) is 20.0 Å². The first kappa shape index (κ1) is 18.9. The van der Waals surface area contributed by atoms with E-state index in [-0.39, 0.29) is 17.9 Å². The van der Waals surface area contributed by atoms with E-state index in [1.54, 1.807) is 11.8 Å². The van der Waals surface area contributed by atoms with E-state index in [4.69, 9.17) is 4.74 Å². The van der Waals surface area contributed by atoms with Crippen molar-refractivity contribution in [3.8, 4) is 5.69 Å². The van der Waals surface area contributed by atoms with Crippen LogP contribution in [0, 0.1) is 5.92 Å². The second-order valence-electron chi connectivity index (χ2n) is 6.65. The Balaban J connectivity index is 1.45. The molecule has 1 aromatic carbocycles. The first-order chi connectivity index (χ1) is 13.2. The van der Waals surface area contributed by atoms with E-state index in [2.05, 4.69) is 10.4 Å². The van der Waals surface area contributed by atoms with Crippen molar-refractivity contribution in [2.45, 2.75) is 26.2 Å². The summed E-state index contributed by atoms with van der Waals surface area (Å²) in [6.07, 6.45) is 5.80. The highest BCUT2D eigenvalue weighted by Crippen LogP contribution is 2.17. The Kier molecular flexibility index (Phi) is 6.46. The molecule has 7 heteroatoms. The van der Waals surface area contributed by atoms with E-state index >= 15 is 0 Å². The summed E-state index contributed by atoms with van der Waals surface area (Å²) in [6, 6.07) is 9.91. The molecule has 27 heavy (non-hydrogen) atoms. The summed E-state index contributed by atoms with van der Waals surface area (Å²) in [5.74, 6) is -0.172. The van der Waals surface area contributed by atoms with E-state index in [0.717, 1.165) is 24.1 Å². The Labute approximate surface area is 159 Å². The summed E-state index contributed by atoms with van der Waals surface area (Å²) in [6.45, 7) is 3.77. The lowest BCUT2D eigenvalue weighted by Gasteiger charge is -2.31. The predicted octanol–water partition coefficient (Wildman–Crippen LogP) is 2.40. The second kappa shape index (κ2) is 9.21. The Morgan fingerprint density at radius 3 is 2.89 bits per heavy atom. The molecule has 0 bridgehead atoms. The van der Waals surface area contributed by atoms with Crippen LogP contribution in [0.4, 0.5) is 4.79 Å². The number of ether oxygens (including phenoxy) is 1. The van der Waals surface area contributed by atoms with Gasteiger partial charge in [-0.1, -0.05) is 18.2 Å².